The van der Waals surface area contributed by atoms with E-state index in [-0.39, 0.29) is 49.1 Å². The molecule has 2 saturated heterocycles. The molecule has 0 unspecified atom stereocenters. The number of benzene rings is 2. The standard InChI is InChI=1S/C34H38N2O6/c37-31(35-15-3-1-4-16-35)14-11-25-26(10-7-23-8-12-27-29(19-23)41-21-39-27)33(34(38)36-17-5-2-6-18-36)32(25)24-9-13-28-30(20-24)42-22-40-28/h7-14,19-20,25-26,32-33H,1-6,15-18,21-22H2/t25-,26-,32+,33+/m1/s1. The lowest BCUT2D eigenvalue weighted by molar-refractivity contribution is -0.144. The molecule has 2 amide bonds. The molecular formula is C34H38N2O6. The van der Waals surface area contributed by atoms with Crippen molar-refractivity contribution in [2.75, 3.05) is 39.8 Å². The van der Waals surface area contributed by atoms with E-state index in [1.165, 1.54) is 6.42 Å². The van der Waals surface area contributed by atoms with Crippen LogP contribution < -0.4 is 18.9 Å². The number of nitrogens with zero attached hydrogens (tertiary/aromatic N) is 2. The number of carbonyl (C=O) groups is 2. The summed E-state index contributed by atoms with van der Waals surface area (Å²) in [5.41, 5.74) is 2.03. The molecule has 8 nitrogen and oxygen atoms in total. The predicted molar refractivity (Wildman–Crippen MR) is 157 cm³/mol. The van der Waals surface area contributed by atoms with Gasteiger partial charge in [-0.3, -0.25) is 9.59 Å². The summed E-state index contributed by atoms with van der Waals surface area (Å²) >= 11 is 0. The summed E-state index contributed by atoms with van der Waals surface area (Å²) in [4.78, 5) is 31.4. The molecule has 220 valence electrons. The summed E-state index contributed by atoms with van der Waals surface area (Å²) in [6.07, 6.45) is 14.6. The molecule has 0 bridgehead atoms. The van der Waals surface area contributed by atoms with Gasteiger partial charge in [0.2, 0.25) is 25.4 Å². The zero-order chi connectivity index (χ0) is 28.5. The van der Waals surface area contributed by atoms with Crippen molar-refractivity contribution in [1.29, 1.82) is 0 Å². The van der Waals surface area contributed by atoms with E-state index in [9.17, 15) is 9.59 Å². The molecule has 4 heterocycles. The molecule has 1 aliphatic carbocycles. The highest BCUT2D eigenvalue weighted by Crippen LogP contribution is 2.56. The number of hydrogen-bond donors (Lipinski definition) is 0. The van der Waals surface area contributed by atoms with Gasteiger partial charge >= 0.3 is 0 Å². The Kier molecular flexibility index (Phi) is 7.53. The van der Waals surface area contributed by atoms with Crippen molar-refractivity contribution in [3.8, 4) is 23.0 Å². The molecule has 4 atom stereocenters. The first-order valence-corrected chi connectivity index (χ1v) is 15.4. The highest BCUT2D eigenvalue weighted by Gasteiger charge is 2.53. The smallest absolute Gasteiger partial charge is 0.246 e. The monoisotopic (exact) mass is 570 g/mol. The van der Waals surface area contributed by atoms with Crippen LogP contribution >= 0.6 is 0 Å². The lowest BCUT2D eigenvalue weighted by Gasteiger charge is -2.51. The first kappa shape index (κ1) is 26.9. The molecule has 7 rings (SSSR count). The average Bonchev–Trinajstić information content (AvgIpc) is 3.70. The van der Waals surface area contributed by atoms with E-state index >= 15 is 0 Å². The van der Waals surface area contributed by atoms with E-state index in [1.54, 1.807) is 6.08 Å². The number of amides is 2. The van der Waals surface area contributed by atoms with Gasteiger partial charge in [0.15, 0.2) is 23.0 Å². The Morgan fingerprint density at radius 2 is 1.29 bits per heavy atom. The minimum absolute atomic E-state index is 0.0249. The van der Waals surface area contributed by atoms with Crippen molar-refractivity contribution >= 4 is 17.9 Å². The third kappa shape index (κ3) is 5.23. The van der Waals surface area contributed by atoms with Gasteiger partial charge in [-0.15, -0.1) is 0 Å². The van der Waals surface area contributed by atoms with Crippen molar-refractivity contribution in [3.05, 3.63) is 65.8 Å². The zero-order valence-corrected chi connectivity index (χ0v) is 23.9. The van der Waals surface area contributed by atoms with E-state index in [2.05, 4.69) is 24.3 Å². The summed E-state index contributed by atoms with van der Waals surface area (Å²) in [6, 6.07) is 11.9. The molecule has 2 aromatic carbocycles. The number of rotatable bonds is 6. The van der Waals surface area contributed by atoms with Crippen LogP contribution in [0.15, 0.2) is 54.6 Å². The van der Waals surface area contributed by atoms with Crippen LogP contribution in [0.1, 0.15) is 55.6 Å². The Morgan fingerprint density at radius 3 is 2.00 bits per heavy atom. The van der Waals surface area contributed by atoms with Crippen molar-refractivity contribution in [1.82, 2.24) is 9.80 Å². The van der Waals surface area contributed by atoms with Crippen molar-refractivity contribution in [2.45, 2.75) is 44.4 Å². The van der Waals surface area contributed by atoms with Crippen LogP contribution in [-0.2, 0) is 9.59 Å². The SMILES string of the molecule is O=C(C=C[C@@H]1[C@@H](C=Cc2ccc3c(c2)OCO3)[C@H](C(=O)N2CCCCC2)[C@H]1c1ccc2c(c1)OCO2)N1CCCCC1. The quantitative estimate of drug-likeness (QED) is 0.434. The molecule has 5 aliphatic rings. The number of allylic oxidation sites excluding steroid dienone is 2. The highest BCUT2D eigenvalue weighted by molar-refractivity contribution is 5.88. The third-order valence-electron chi connectivity index (χ3n) is 9.43. The number of likely N-dealkylation sites (tertiary alicyclic amines) is 2. The van der Waals surface area contributed by atoms with Crippen LogP contribution in [0, 0.1) is 17.8 Å². The molecule has 0 N–H and O–H groups in total. The van der Waals surface area contributed by atoms with E-state index in [0.29, 0.717) is 5.75 Å². The lowest BCUT2D eigenvalue weighted by Crippen LogP contribution is -2.53. The van der Waals surface area contributed by atoms with Gasteiger partial charge in [0.1, 0.15) is 0 Å². The van der Waals surface area contributed by atoms with E-state index in [0.717, 1.165) is 86.7 Å². The van der Waals surface area contributed by atoms with Crippen LogP contribution in [0.2, 0.25) is 0 Å². The molecule has 42 heavy (non-hydrogen) atoms. The fourth-order valence-electron chi connectivity index (χ4n) is 7.15. The Labute approximate surface area is 246 Å². The first-order valence-electron chi connectivity index (χ1n) is 15.4. The number of ether oxygens (including phenoxy) is 4. The van der Waals surface area contributed by atoms with Crippen LogP contribution in [0.4, 0.5) is 0 Å². The van der Waals surface area contributed by atoms with Crippen LogP contribution in [0.5, 0.6) is 23.0 Å². The zero-order valence-electron chi connectivity index (χ0n) is 23.9. The fourth-order valence-corrected chi connectivity index (χ4v) is 7.15. The Morgan fingerprint density at radius 1 is 0.667 bits per heavy atom. The van der Waals surface area contributed by atoms with Gasteiger partial charge in [-0.2, -0.15) is 0 Å². The maximum absolute atomic E-state index is 14.2. The summed E-state index contributed by atoms with van der Waals surface area (Å²) in [6.45, 7) is 3.65. The molecule has 0 spiro atoms. The lowest BCUT2D eigenvalue weighted by atomic mass is 9.53. The second-order valence-corrected chi connectivity index (χ2v) is 11.9. The molecule has 2 aromatic rings. The van der Waals surface area contributed by atoms with Crippen LogP contribution in [-0.4, -0.2) is 61.4 Å². The average molecular weight is 571 g/mol. The maximum atomic E-state index is 14.2. The summed E-state index contributed by atoms with van der Waals surface area (Å²) in [5.74, 6) is 2.76. The Balaban J connectivity index is 1.23. The first-order chi connectivity index (χ1) is 20.7. The molecule has 8 heteroatoms. The van der Waals surface area contributed by atoms with E-state index in [4.69, 9.17) is 18.9 Å². The second kappa shape index (κ2) is 11.7. The number of fused-ring (bicyclic) bond motifs is 2. The minimum atomic E-state index is -0.242. The summed E-state index contributed by atoms with van der Waals surface area (Å²) in [7, 11) is 0. The molecule has 4 aliphatic heterocycles. The van der Waals surface area contributed by atoms with Crippen molar-refractivity contribution < 1.29 is 28.5 Å². The topological polar surface area (TPSA) is 77.5 Å². The fraction of sp³-hybridized carbons (Fsp3) is 0.471. The molecule has 0 radical (unpaired) electrons. The molecular weight excluding hydrogens is 532 g/mol. The van der Waals surface area contributed by atoms with E-state index in [1.807, 2.05) is 40.1 Å². The van der Waals surface area contributed by atoms with Crippen LogP contribution in [0.25, 0.3) is 6.08 Å². The number of piperidine rings is 2. The van der Waals surface area contributed by atoms with Crippen molar-refractivity contribution in [3.63, 3.8) is 0 Å². The normalized spacial score (nSPS) is 26.6. The van der Waals surface area contributed by atoms with Gasteiger partial charge < -0.3 is 28.7 Å². The van der Waals surface area contributed by atoms with Gasteiger partial charge in [-0.05, 0) is 91.8 Å². The molecule has 1 saturated carbocycles. The van der Waals surface area contributed by atoms with Gasteiger partial charge in [0.25, 0.3) is 0 Å². The van der Waals surface area contributed by atoms with Crippen LogP contribution in [0.3, 0.4) is 0 Å². The van der Waals surface area contributed by atoms with Gasteiger partial charge in [-0.25, -0.2) is 0 Å². The number of hydrogen-bond acceptors (Lipinski definition) is 6. The largest absolute Gasteiger partial charge is 0.454 e. The molecule has 3 fully saturated rings. The van der Waals surface area contributed by atoms with Crippen molar-refractivity contribution in [2.24, 2.45) is 17.8 Å². The maximum Gasteiger partial charge on any atom is 0.246 e. The number of carbonyl (C=O) groups excluding carboxylic acids is 2. The Hall–Kier alpha value is -3.94. The third-order valence-corrected chi connectivity index (χ3v) is 9.43. The second-order valence-electron chi connectivity index (χ2n) is 11.9. The minimum Gasteiger partial charge on any atom is -0.454 e. The Bertz CT molecular complexity index is 1390. The highest BCUT2D eigenvalue weighted by atomic mass is 16.7. The van der Waals surface area contributed by atoms with Gasteiger partial charge in [0, 0.05) is 32.1 Å². The molecule has 0 aromatic heterocycles. The predicted octanol–water partition coefficient (Wildman–Crippen LogP) is 5.38. The summed E-state index contributed by atoms with van der Waals surface area (Å²) < 4.78 is 22.4. The summed E-state index contributed by atoms with van der Waals surface area (Å²) in [5, 5.41) is 0. The van der Waals surface area contributed by atoms with Gasteiger partial charge in [-0.1, -0.05) is 30.4 Å². The van der Waals surface area contributed by atoms with E-state index < -0.39 is 0 Å². The van der Waals surface area contributed by atoms with Gasteiger partial charge in [0.05, 0.1) is 5.92 Å².